The highest BCUT2D eigenvalue weighted by atomic mass is 16.6. The molecular weight excluding hydrogens is 292 g/mol. The molecule has 0 aliphatic carbocycles. The van der Waals surface area contributed by atoms with Gasteiger partial charge in [0.1, 0.15) is 18.1 Å². The summed E-state index contributed by atoms with van der Waals surface area (Å²) in [4.78, 5) is 0. The zero-order chi connectivity index (χ0) is 16.9. The monoisotopic (exact) mass is 316 g/mol. The fourth-order valence-corrected chi connectivity index (χ4v) is 2.39. The molecule has 0 spiro atoms. The number of hydrogen-bond acceptors (Lipinski definition) is 4. The first kappa shape index (κ1) is 17.3. The maximum Gasteiger partial charge on any atom is 0.151 e. The smallest absolute Gasteiger partial charge is 0.151 e. The summed E-state index contributed by atoms with van der Waals surface area (Å²) < 4.78 is 10.6. The SMILES string of the molecule is CC(O)OCCOc1ccc(C(C)(C)c2ccc(O)cc2)cc1. The van der Waals surface area contributed by atoms with Gasteiger partial charge in [0.2, 0.25) is 0 Å². The molecule has 0 heterocycles. The van der Waals surface area contributed by atoms with Gasteiger partial charge >= 0.3 is 0 Å². The van der Waals surface area contributed by atoms with Gasteiger partial charge in [-0.15, -0.1) is 0 Å². The largest absolute Gasteiger partial charge is 0.508 e. The lowest BCUT2D eigenvalue weighted by Crippen LogP contribution is -2.18. The molecule has 0 aromatic heterocycles. The molecule has 0 aliphatic heterocycles. The molecule has 0 amide bonds. The van der Waals surface area contributed by atoms with Crippen LogP contribution in [0, 0.1) is 0 Å². The molecule has 0 bridgehead atoms. The fourth-order valence-electron chi connectivity index (χ4n) is 2.39. The number of phenols is 1. The van der Waals surface area contributed by atoms with Crippen molar-refractivity contribution in [2.75, 3.05) is 13.2 Å². The molecule has 2 aromatic carbocycles. The predicted molar refractivity (Wildman–Crippen MR) is 89.8 cm³/mol. The minimum Gasteiger partial charge on any atom is -0.508 e. The Bertz CT molecular complexity index is 600. The standard InChI is InChI=1S/C19H24O4/c1-14(20)22-12-13-23-18-10-6-16(7-11-18)19(2,3)15-4-8-17(21)9-5-15/h4-11,14,20-21H,12-13H2,1-3H3. The van der Waals surface area contributed by atoms with Crippen LogP contribution in [0.1, 0.15) is 31.9 Å². The molecule has 124 valence electrons. The Balaban J connectivity index is 2.02. The molecule has 0 radical (unpaired) electrons. The highest BCUT2D eigenvalue weighted by Crippen LogP contribution is 2.33. The van der Waals surface area contributed by atoms with Gasteiger partial charge in [0.05, 0.1) is 6.61 Å². The number of aromatic hydroxyl groups is 1. The molecule has 0 aliphatic rings. The van der Waals surface area contributed by atoms with Crippen molar-refractivity contribution in [1.29, 1.82) is 0 Å². The van der Waals surface area contributed by atoms with Crippen molar-refractivity contribution in [2.45, 2.75) is 32.5 Å². The van der Waals surface area contributed by atoms with E-state index in [0.717, 1.165) is 16.9 Å². The Kier molecular flexibility index (Phi) is 5.64. The Hall–Kier alpha value is -2.04. The summed E-state index contributed by atoms with van der Waals surface area (Å²) in [5.41, 5.74) is 2.13. The minimum absolute atomic E-state index is 0.165. The van der Waals surface area contributed by atoms with E-state index in [9.17, 15) is 5.11 Å². The van der Waals surface area contributed by atoms with Crippen LogP contribution in [0.4, 0.5) is 0 Å². The van der Waals surface area contributed by atoms with Gasteiger partial charge in [-0.1, -0.05) is 38.1 Å². The molecule has 0 fully saturated rings. The maximum absolute atomic E-state index is 9.42. The first-order valence-electron chi connectivity index (χ1n) is 7.72. The van der Waals surface area contributed by atoms with Crippen LogP contribution in [-0.4, -0.2) is 29.7 Å². The number of phenolic OH excluding ortho intramolecular Hbond substituents is 1. The summed E-state index contributed by atoms with van der Waals surface area (Å²) in [5, 5.41) is 18.4. The average molecular weight is 316 g/mol. The first-order chi connectivity index (χ1) is 10.9. The summed E-state index contributed by atoms with van der Waals surface area (Å²) in [5.74, 6) is 1.04. The number of aliphatic hydroxyl groups is 1. The second-order valence-electron chi connectivity index (χ2n) is 6.01. The van der Waals surface area contributed by atoms with Gasteiger partial charge in [0.25, 0.3) is 0 Å². The lowest BCUT2D eigenvalue weighted by atomic mass is 9.78. The number of benzene rings is 2. The van der Waals surface area contributed by atoms with Crippen LogP contribution in [0.3, 0.4) is 0 Å². The summed E-state index contributed by atoms with van der Waals surface area (Å²) in [6.45, 7) is 6.60. The normalized spacial score (nSPS) is 12.9. The van der Waals surface area contributed by atoms with Crippen molar-refractivity contribution in [2.24, 2.45) is 0 Å². The van der Waals surface area contributed by atoms with Gasteiger partial charge in [-0.2, -0.15) is 0 Å². The summed E-state index contributed by atoms with van der Waals surface area (Å²) in [6.07, 6.45) is -0.771. The number of ether oxygens (including phenoxy) is 2. The first-order valence-corrected chi connectivity index (χ1v) is 7.72. The molecule has 2 aromatic rings. The van der Waals surface area contributed by atoms with E-state index in [-0.39, 0.29) is 11.2 Å². The molecule has 2 N–H and O–H groups in total. The molecule has 4 nitrogen and oxygen atoms in total. The van der Waals surface area contributed by atoms with Crippen LogP contribution >= 0.6 is 0 Å². The number of hydrogen-bond donors (Lipinski definition) is 2. The Morgan fingerprint density at radius 1 is 0.913 bits per heavy atom. The lowest BCUT2D eigenvalue weighted by molar-refractivity contribution is -0.0913. The van der Waals surface area contributed by atoms with Crippen LogP contribution < -0.4 is 4.74 Å². The van der Waals surface area contributed by atoms with Crippen molar-refractivity contribution in [3.05, 3.63) is 59.7 Å². The van der Waals surface area contributed by atoms with Crippen LogP contribution in [0.25, 0.3) is 0 Å². The maximum atomic E-state index is 9.42. The second kappa shape index (κ2) is 7.49. The second-order valence-corrected chi connectivity index (χ2v) is 6.01. The Morgan fingerprint density at radius 3 is 1.96 bits per heavy atom. The van der Waals surface area contributed by atoms with Crippen molar-refractivity contribution in [1.82, 2.24) is 0 Å². The molecule has 4 heteroatoms. The van der Waals surface area contributed by atoms with Crippen molar-refractivity contribution < 1.29 is 19.7 Å². The molecule has 1 unspecified atom stereocenters. The van der Waals surface area contributed by atoms with Gasteiger partial charge in [-0.25, -0.2) is 0 Å². The van der Waals surface area contributed by atoms with Crippen LogP contribution in [-0.2, 0) is 10.2 Å². The Labute approximate surface area is 137 Å². The van der Waals surface area contributed by atoms with E-state index in [4.69, 9.17) is 14.6 Å². The third kappa shape index (κ3) is 4.71. The third-order valence-electron chi connectivity index (χ3n) is 3.88. The molecule has 23 heavy (non-hydrogen) atoms. The summed E-state index contributed by atoms with van der Waals surface area (Å²) in [7, 11) is 0. The van der Waals surface area contributed by atoms with Crippen molar-refractivity contribution in [3.8, 4) is 11.5 Å². The molecule has 0 saturated carbocycles. The molecular formula is C19H24O4. The quantitative estimate of drug-likeness (QED) is 0.607. The van der Waals surface area contributed by atoms with Gasteiger partial charge in [-0.3, -0.25) is 0 Å². The van der Waals surface area contributed by atoms with E-state index in [2.05, 4.69) is 13.8 Å². The van der Waals surface area contributed by atoms with Crippen molar-refractivity contribution >= 4 is 0 Å². The highest BCUT2D eigenvalue weighted by molar-refractivity contribution is 5.41. The van der Waals surface area contributed by atoms with E-state index in [0.29, 0.717) is 13.2 Å². The number of rotatable bonds is 7. The van der Waals surface area contributed by atoms with Gasteiger partial charge in [-0.05, 0) is 42.3 Å². The average Bonchev–Trinajstić information content (AvgIpc) is 2.52. The number of aliphatic hydroxyl groups excluding tert-OH is 1. The van der Waals surface area contributed by atoms with Crippen LogP contribution in [0.15, 0.2) is 48.5 Å². The molecule has 2 rings (SSSR count). The minimum atomic E-state index is -0.771. The zero-order valence-corrected chi connectivity index (χ0v) is 13.8. The fraction of sp³-hybridized carbons (Fsp3) is 0.368. The highest BCUT2D eigenvalue weighted by Gasteiger charge is 2.22. The van der Waals surface area contributed by atoms with E-state index < -0.39 is 6.29 Å². The van der Waals surface area contributed by atoms with Crippen LogP contribution in [0.5, 0.6) is 11.5 Å². The summed E-state index contributed by atoms with van der Waals surface area (Å²) in [6, 6.07) is 15.2. The van der Waals surface area contributed by atoms with Gasteiger partial charge in [0.15, 0.2) is 6.29 Å². The third-order valence-corrected chi connectivity index (χ3v) is 3.88. The Morgan fingerprint density at radius 2 is 1.43 bits per heavy atom. The van der Waals surface area contributed by atoms with E-state index >= 15 is 0 Å². The van der Waals surface area contributed by atoms with Gasteiger partial charge < -0.3 is 19.7 Å². The lowest BCUT2D eigenvalue weighted by Gasteiger charge is -2.26. The van der Waals surface area contributed by atoms with Gasteiger partial charge in [0, 0.05) is 5.41 Å². The molecule has 1 atom stereocenters. The van der Waals surface area contributed by atoms with E-state index in [1.165, 1.54) is 0 Å². The van der Waals surface area contributed by atoms with E-state index in [1.807, 2.05) is 36.4 Å². The molecule has 0 saturated heterocycles. The predicted octanol–water partition coefficient (Wildman–Crippen LogP) is 3.45. The topological polar surface area (TPSA) is 58.9 Å². The summed E-state index contributed by atoms with van der Waals surface area (Å²) >= 11 is 0. The van der Waals surface area contributed by atoms with E-state index in [1.54, 1.807) is 19.1 Å². The zero-order valence-electron chi connectivity index (χ0n) is 13.8. The van der Waals surface area contributed by atoms with Crippen molar-refractivity contribution in [3.63, 3.8) is 0 Å². The van der Waals surface area contributed by atoms with Crippen LogP contribution in [0.2, 0.25) is 0 Å².